The van der Waals surface area contributed by atoms with Crippen molar-refractivity contribution in [3.63, 3.8) is 0 Å². The number of pyridine rings is 1. The highest BCUT2D eigenvalue weighted by atomic mass is 16.5. The van der Waals surface area contributed by atoms with E-state index >= 15 is 0 Å². The van der Waals surface area contributed by atoms with Crippen LogP contribution in [0.3, 0.4) is 0 Å². The van der Waals surface area contributed by atoms with Crippen molar-refractivity contribution in [2.24, 2.45) is 5.92 Å². The van der Waals surface area contributed by atoms with E-state index in [9.17, 15) is 9.59 Å². The van der Waals surface area contributed by atoms with Gasteiger partial charge in [-0.25, -0.2) is 4.79 Å². The van der Waals surface area contributed by atoms with Crippen LogP contribution in [-0.4, -0.2) is 22.8 Å². The van der Waals surface area contributed by atoms with Crippen molar-refractivity contribution in [2.45, 2.75) is 20.4 Å². The fourth-order valence-electron chi connectivity index (χ4n) is 2.34. The maximum atomic E-state index is 12.6. The third-order valence-electron chi connectivity index (χ3n) is 3.28. The summed E-state index contributed by atoms with van der Waals surface area (Å²) < 4.78 is 6.89. The van der Waals surface area contributed by atoms with Gasteiger partial charge in [0.2, 0.25) is 0 Å². The van der Waals surface area contributed by atoms with Crippen molar-refractivity contribution in [1.29, 1.82) is 0 Å². The van der Waals surface area contributed by atoms with E-state index in [1.807, 2.05) is 32.0 Å². The number of fused-ring (bicyclic) bond motifs is 1. The maximum absolute atomic E-state index is 12.6. The van der Waals surface area contributed by atoms with Crippen LogP contribution in [0.15, 0.2) is 35.1 Å². The molecule has 0 saturated carbocycles. The molecule has 0 spiro atoms. The molecule has 2 rings (SSSR count). The first-order valence-corrected chi connectivity index (χ1v) is 7.05. The summed E-state index contributed by atoms with van der Waals surface area (Å²) in [4.78, 5) is 23.3. The fourth-order valence-corrected chi connectivity index (χ4v) is 2.34. The molecule has 0 aliphatic carbocycles. The van der Waals surface area contributed by atoms with Crippen molar-refractivity contribution in [3.8, 4) is 5.75 Å². The average molecular weight is 301 g/mol. The van der Waals surface area contributed by atoms with E-state index in [1.54, 1.807) is 17.7 Å². The van der Waals surface area contributed by atoms with Gasteiger partial charge in [-0.3, -0.25) is 4.79 Å². The molecule has 0 fully saturated rings. The van der Waals surface area contributed by atoms with Crippen LogP contribution in [0.5, 0.6) is 5.75 Å². The number of methoxy groups -OCH3 is 1. The predicted molar refractivity (Wildman–Crippen MR) is 86.3 cm³/mol. The summed E-state index contributed by atoms with van der Waals surface area (Å²) in [6.45, 7) is 4.62. The average Bonchev–Trinajstić information content (AvgIpc) is 2.47. The molecule has 0 bridgehead atoms. The van der Waals surface area contributed by atoms with Crippen molar-refractivity contribution < 1.29 is 14.6 Å². The van der Waals surface area contributed by atoms with Gasteiger partial charge < -0.3 is 14.4 Å². The highest BCUT2D eigenvalue weighted by molar-refractivity contribution is 5.87. The monoisotopic (exact) mass is 301 g/mol. The second-order valence-corrected chi connectivity index (χ2v) is 5.51. The molecule has 116 valence electrons. The van der Waals surface area contributed by atoms with Gasteiger partial charge >= 0.3 is 5.97 Å². The molecule has 5 nitrogen and oxygen atoms in total. The summed E-state index contributed by atoms with van der Waals surface area (Å²) in [7, 11) is 1.58. The van der Waals surface area contributed by atoms with Crippen LogP contribution < -0.4 is 10.3 Å². The van der Waals surface area contributed by atoms with E-state index in [1.165, 1.54) is 6.08 Å². The van der Waals surface area contributed by atoms with Crippen LogP contribution in [0.4, 0.5) is 0 Å². The Morgan fingerprint density at radius 2 is 2.09 bits per heavy atom. The number of carboxylic acid groups (broad SMARTS) is 1. The standard InChI is InChI=1S/C17H19NO4/c1-11(2)10-18-15-6-5-14(22-3)9-13(15)8-12(17(18)21)4-7-16(19)20/h4-9,11H,10H2,1-3H3,(H,19,20)/b7-4+. The molecule has 0 atom stereocenters. The number of hydrogen-bond donors (Lipinski definition) is 1. The second-order valence-electron chi connectivity index (χ2n) is 5.51. The van der Waals surface area contributed by atoms with Crippen LogP contribution in [0.2, 0.25) is 0 Å². The van der Waals surface area contributed by atoms with E-state index < -0.39 is 5.97 Å². The van der Waals surface area contributed by atoms with E-state index in [0.717, 1.165) is 17.0 Å². The maximum Gasteiger partial charge on any atom is 0.328 e. The SMILES string of the molecule is COc1ccc2c(c1)cc(/C=C/C(=O)O)c(=O)n2CC(C)C. The normalized spacial score (nSPS) is 11.5. The lowest BCUT2D eigenvalue weighted by atomic mass is 10.1. The fraction of sp³-hybridized carbons (Fsp3) is 0.294. The zero-order valence-corrected chi connectivity index (χ0v) is 12.9. The topological polar surface area (TPSA) is 68.5 Å². The number of nitrogens with zero attached hydrogens (tertiary/aromatic N) is 1. The lowest BCUT2D eigenvalue weighted by Gasteiger charge is -2.14. The van der Waals surface area contributed by atoms with Gasteiger partial charge in [-0.15, -0.1) is 0 Å². The minimum Gasteiger partial charge on any atom is -0.497 e. The van der Waals surface area contributed by atoms with Crippen molar-refractivity contribution in [3.05, 3.63) is 46.3 Å². The first-order valence-electron chi connectivity index (χ1n) is 7.05. The molecule has 1 aromatic heterocycles. The van der Waals surface area contributed by atoms with Gasteiger partial charge in [0, 0.05) is 23.6 Å². The molecular formula is C17H19NO4. The summed E-state index contributed by atoms with van der Waals surface area (Å²) >= 11 is 0. The van der Waals surface area contributed by atoms with Gasteiger partial charge in [-0.1, -0.05) is 13.8 Å². The third kappa shape index (κ3) is 3.36. The molecule has 0 radical (unpaired) electrons. The van der Waals surface area contributed by atoms with E-state index in [2.05, 4.69) is 0 Å². The molecule has 1 N–H and O–H groups in total. The zero-order chi connectivity index (χ0) is 16.3. The van der Waals surface area contributed by atoms with Crippen LogP contribution in [0.25, 0.3) is 17.0 Å². The second kappa shape index (κ2) is 6.47. The Kier molecular flexibility index (Phi) is 4.65. The number of rotatable bonds is 5. The van der Waals surface area contributed by atoms with Gasteiger partial charge in [0.15, 0.2) is 0 Å². The first-order chi connectivity index (χ1) is 10.4. The molecule has 0 amide bonds. The third-order valence-corrected chi connectivity index (χ3v) is 3.28. The largest absolute Gasteiger partial charge is 0.497 e. The summed E-state index contributed by atoms with van der Waals surface area (Å²) in [6, 6.07) is 7.19. The Balaban J connectivity index is 2.72. The number of aliphatic carboxylic acids is 1. The number of aromatic nitrogens is 1. The predicted octanol–water partition coefficient (Wildman–Crippen LogP) is 2.76. The van der Waals surface area contributed by atoms with E-state index in [0.29, 0.717) is 23.8 Å². The smallest absolute Gasteiger partial charge is 0.328 e. The quantitative estimate of drug-likeness (QED) is 0.862. The van der Waals surface area contributed by atoms with Crippen LogP contribution in [0.1, 0.15) is 19.4 Å². The van der Waals surface area contributed by atoms with Crippen molar-refractivity contribution >= 4 is 22.9 Å². The van der Waals surface area contributed by atoms with Gasteiger partial charge in [0.1, 0.15) is 5.75 Å². The molecule has 2 aromatic rings. The molecular weight excluding hydrogens is 282 g/mol. The molecule has 22 heavy (non-hydrogen) atoms. The van der Waals surface area contributed by atoms with Gasteiger partial charge in [0.05, 0.1) is 12.6 Å². The van der Waals surface area contributed by atoms with Crippen molar-refractivity contribution in [2.75, 3.05) is 7.11 Å². The van der Waals surface area contributed by atoms with Crippen LogP contribution in [-0.2, 0) is 11.3 Å². The zero-order valence-electron chi connectivity index (χ0n) is 12.9. The summed E-state index contributed by atoms with van der Waals surface area (Å²) in [5.41, 5.74) is 0.972. The van der Waals surface area contributed by atoms with E-state index in [-0.39, 0.29) is 5.56 Å². The molecule has 0 unspecified atom stereocenters. The van der Waals surface area contributed by atoms with Crippen LogP contribution >= 0.6 is 0 Å². The van der Waals surface area contributed by atoms with Crippen molar-refractivity contribution in [1.82, 2.24) is 4.57 Å². The number of benzene rings is 1. The summed E-state index contributed by atoms with van der Waals surface area (Å²) in [6.07, 6.45) is 2.31. The number of carbonyl (C=O) groups is 1. The minimum absolute atomic E-state index is 0.191. The highest BCUT2D eigenvalue weighted by Gasteiger charge is 2.10. The lowest BCUT2D eigenvalue weighted by Crippen LogP contribution is -2.24. The molecule has 0 aliphatic rings. The lowest BCUT2D eigenvalue weighted by molar-refractivity contribution is -0.131. The molecule has 0 aliphatic heterocycles. The molecule has 5 heteroatoms. The van der Waals surface area contributed by atoms with Gasteiger partial charge in [0.25, 0.3) is 5.56 Å². The summed E-state index contributed by atoms with van der Waals surface area (Å²) in [5, 5.41) is 9.60. The Labute approximate surface area is 128 Å². The van der Waals surface area contributed by atoms with Gasteiger partial charge in [-0.2, -0.15) is 0 Å². The highest BCUT2D eigenvalue weighted by Crippen LogP contribution is 2.21. The van der Waals surface area contributed by atoms with Crippen LogP contribution in [0, 0.1) is 5.92 Å². The summed E-state index contributed by atoms with van der Waals surface area (Å²) in [5.74, 6) is -0.0994. The number of ether oxygens (including phenoxy) is 1. The number of carboxylic acids is 1. The molecule has 0 saturated heterocycles. The molecule has 1 heterocycles. The minimum atomic E-state index is -1.08. The number of hydrogen-bond acceptors (Lipinski definition) is 3. The van der Waals surface area contributed by atoms with Gasteiger partial charge in [-0.05, 0) is 36.3 Å². The van der Waals surface area contributed by atoms with E-state index in [4.69, 9.17) is 9.84 Å². The first kappa shape index (κ1) is 15.8. The Bertz CT molecular complexity index is 787. The Hall–Kier alpha value is -2.56. The molecule has 1 aromatic carbocycles. The Morgan fingerprint density at radius 1 is 1.36 bits per heavy atom. The Morgan fingerprint density at radius 3 is 2.68 bits per heavy atom.